The average Bonchev–Trinajstić information content (AvgIpc) is 3.03. The molecule has 2 aliphatic carbocycles. The van der Waals surface area contributed by atoms with Gasteiger partial charge in [-0.3, -0.25) is 14.4 Å². The van der Waals surface area contributed by atoms with E-state index in [1.54, 1.807) is 0 Å². The molecular formula is C39H67NO6. The molecule has 0 aliphatic heterocycles. The Balaban J connectivity index is 1.60. The van der Waals surface area contributed by atoms with Crippen LogP contribution in [0.3, 0.4) is 0 Å². The molecule has 0 spiro atoms. The number of hydrogen-bond acceptors (Lipinski definition) is 7. The van der Waals surface area contributed by atoms with Crippen LogP contribution >= 0.6 is 0 Å². The second-order valence-corrected chi connectivity index (χ2v) is 14.2. The first-order chi connectivity index (χ1) is 22.4. The highest BCUT2D eigenvalue weighted by Gasteiger charge is 2.36. The summed E-state index contributed by atoms with van der Waals surface area (Å²) in [6.45, 7) is 3.33. The summed E-state index contributed by atoms with van der Waals surface area (Å²) in [6.07, 6.45) is 31.3. The van der Waals surface area contributed by atoms with Crippen LogP contribution in [-0.4, -0.2) is 63.3 Å². The fourth-order valence-corrected chi connectivity index (χ4v) is 6.75. The molecule has 3 atom stereocenters. The molecule has 0 radical (unpaired) electrons. The molecule has 7 nitrogen and oxygen atoms in total. The standard InChI is InChI=1S/C39H67NO6/c1-4-5-6-7-8-9-10-11-12-13-14-15-16-17-18-19-24-37(41)44-30-35(31-45-38(42)25-21-26-40(2)3)32-46-39(43)36-28-33-22-20-23-34(27-33)29-36/h8-9,11-12,33-36H,4-7,10,13-32H2,1-3H3/b9-8-,12-11-. The van der Waals surface area contributed by atoms with E-state index in [0.717, 1.165) is 57.9 Å². The molecule has 3 unspecified atom stereocenters. The molecule has 46 heavy (non-hydrogen) atoms. The molecule has 0 heterocycles. The van der Waals surface area contributed by atoms with Crippen LogP contribution in [0.5, 0.6) is 0 Å². The summed E-state index contributed by atoms with van der Waals surface area (Å²) in [4.78, 5) is 39.7. The van der Waals surface area contributed by atoms with E-state index in [-0.39, 0.29) is 49.6 Å². The molecular weight excluding hydrogens is 578 g/mol. The zero-order chi connectivity index (χ0) is 33.2. The van der Waals surface area contributed by atoms with Crippen molar-refractivity contribution in [2.45, 2.75) is 142 Å². The van der Waals surface area contributed by atoms with Gasteiger partial charge < -0.3 is 19.1 Å². The third-order valence-corrected chi connectivity index (χ3v) is 9.45. The first kappa shape index (κ1) is 40.0. The number of hydrogen-bond donors (Lipinski definition) is 0. The topological polar surface area (TPSA) is 82.1 Å². The molecule has 2 bridgehead atoms. The van der Waals surface area contributed by atoms with Gasteiger partial charge in [-0.25, -0.2) is 0 Å². The van der Waals surface area contributed by atoms with Crippen molar-refractivity contribution < 1.29 is 28.6 Å². The monoisotopic (exact) mass is 645 g/mol. The first-order valence-electron chi connectivity index (χ1n) is 18.8. The van der Waals surface area contributed by atoms with Crippen molar-refractivity contribution >= 4 is 17.9 Å². The summed E-state index contributed by atoms with van der Waals surface area (Å²) in [5, 5.41) is 0. The maximum Gasteiger partial charge on any atom is 0.308 e. The van der Waals surface area contributed by atoms with Crippen LogP contribution < -0.4 is 0 Å². The van der Waals surface area contributed by atoms with Gasteiger partial charge in [0.2, 0.25) is 0 Å². The summed E-state index contributed by atoms with van der Waals surface area (Å²) in [6, 6.07) is 0. The lowest BCUT2D eigenvalue weighted by atomic mass is 9.68. The number of nitrogens with zero attached hydrogens (tertiary/aromatic N) is 1. The van der Waals surface area contributed by atoms with Crippen molar-refractivity contribution in [1.82, 2.24) is 4.90 Å². The molecule has 2 rings (SSSR count). The van der Waals surface area contributed by atoms with E-state index < -0.39 is 0 Å². The quantitative estimate of drug-likeness (QED) is 0.0402. The van der Waals surface area contributed by atoms with E-state index in [9.17, 15) is 14.4 Å². The fourth-order valence-electron chi connectivity index (χ4n) is 6.75. The van der Waals surface area contributed by atoms with E-state index >= 15 is 0 Å². The van der Waals surface area contributed by atoms with Crippen LogP contribution in [0.2, 0.25) is 0 Å². The molecule has 0 aromatic rings. The number of fused-ring (bicyclic) bond motifs is 2. The molecule has 0 amide bonds. The van der Waals surface area contributed by atoms with Gasteiger partial charge in [0, 0.05) is 12.8 Å². The largest absolute Gasteiger partial charge is 0.465 e. The maximum atomic E-state index is 12.9. The number of carbonyl (C=O) groups excluding carboxylic acids is 3. The van der Waals surface area contributed by atoms with Crippen molar-refractivity contribution in [1.29, 1.82) is 0 Å². The van der Waals surface area contributed by atoms with Gasteiger partial charge in [0.1, 0.15) is 19.8 Å². The van der Waals surface area contributed by atoms with Crippen LogP contribution in [0.15, 0.2) is 24.3 Å². The highest BCUT2D eigenvalue weighted by molar-refractivity contribution is 5.72. The molecule has 0 aromatic heterocycles. The molecule has 0 saturated heterocycles. The maximum absolute atomic E-state index is 12.9. The van der Waals surface area contributed by atoms with E-state index in [4.69, 9.17) is 14.2 Å². The van der Waals surface area contributed by atoms with Crippen molar-refractivity contribution in [3.05, 3.63) is 24.3 Å². The second kappa shape index (κ2) is 25.9. The lowest BCUT2D eigenvalue weighted by Gasteiger charge is -2.38. The molecule has 0 aromatic carbocycles. The summed E-state index contributed by atoms with van der Waals surface area (Å²) in [5.41, 5.74) is 0. The zero-order valence-corrected chi connectivity index (χ0v) is 29.7. The Bertz CT molecular complexity index is 872. The summed E-state index contributed by atoms with van der Waals surface area (Å²) in [7, 11) is 3.94. The SMILES string of the molecule is CCCCC/C=C\C/C=C\CCCCCCCCC(=O)OCC(COC(=O)CCCN(C)C)COC(=O)C1CC2CCCC(C2)C1. The molecule has 0 N–H and O–H groups in total. The normalized spacial score (nSPS) is 20.3. The van der Waals surface area contributed by atoms with Crippen LogP contribution in [0.1, 0.15) is 142 Å². The third-order valence-electron chi connectivity index (χ3n) is 9.45. The Labute approximate surface area is 281 Å². The Kier molecular flexibility index (Phi) is 22.5. The minimum absolute atomic E-state index is 0.0374. The van der Waals surface area contributed by atoms with Gasteiger partial charge in [-0.2, -0.15) is 0 Å². The summed E-state index contributed by atoms with van der Waals surface area (Å²) in [5.74, 6) is 0.235. The number of ether oxygens (including phenoxy) is 3. The molecule has 264 valence electrons. The summed E-state index contributed by atoms with van der Waals surface area (Å²) >= 11 is 0. The van der Waals surface area contributed by atoms with Crippen molar-refractivity contribution in [2.24, 2.45) is 23.7 Å². The van der Waals surface area contributed by atoms with Gasteiger partial charge >= 0.3 is 17.9 Å². The van der Waals surface area contributed by atoms with Crippen LogP contribution in [-0.2, 0) is 28.6 Å². The van der Waals surface area contributed by atoms with Crippen LogP contribution in [0.4, 0.5) is 0 Å². The number of esters is 3. The molecule has 2 saturated carbocycles. The average molecular weight is 646 g/mol. The van der Waals surface area contributed by atoms with Crippen molar-refractivity contribution in [3.63, 3.8) is 0 Å². The third kappa shape index (κ3) is 20.2. The van der Waals surface area contributed by atoms with Crippen molar-refractivity contribution in [2.75, 3.05) is 40.5 Å². The number of unbranched alkanes of at least 4 members (excludes halogenated alkanes) is 9. The minimum atomic E-state index is -0.357. The van der Waals surface area contributed by atoms with E-state index in [2.05, 4.69) is 31.2 Å². The lowest BCUT2D eigenvalue weighted by Crippen LogP contribution is -2.33. The Morgan fingerprint density at radius 3 is 1.83 bits per heavy atom. The minimum Gasteiger partial charge on any atom is -0.465 e. The first-order valence-corrected chi connectivity index (χ1v) is 18.8. The van der Waals surface area contributed by atoms with Gasteiger partial charge in [-0.1, -0.05) is 89.0 Å². The van der Waals surface area contributed by atoms with Gasteiger partial charge in [0.15, 0.2) is 0 Å². The van der Waals surface area contributed by atoms with Gasteiger partial charge in [-0.05, 0) is 96.7 Å². The predicted molar refractivity (Wildman–Crippen MR) is 186 cm³/mol. The number of carbonyl (C=O) groups is 3. The summed E-state index contributed by atoms with van der Waals surface area (Å²) < 4.78 is 16.8. The van der Waals surface area contributed by atoms with E-state index in [0.29, 0.717) is 24.7 Å². The molecule has 7 heteroatoms. The Morgan fingerprint density at radius 2 is 1.22 bits per heavy atom. The van der Waals surface area contributed by atoms with Crippen molar-refractivity contribution in [3.8, 4) is 0 Å². The Hall–Kier alpha value is -2.15. The van der Waals surface area contributed by atoms with E-state index in [1.807, 2.05) is 19.0 Å². The zero-order valence-electron chi connectivity index (χ0n) is 29.7. The molecule has 2 aliphatic rings. The van der Waals surface area contributed by atoms with Gasteiger partial charge in [0.25, 0.3) is 0 Å². The number of allylic oxidation sites excluding steroid dienone is 4. The Morgan fingerprint density at radius 1 is 0.674 bits per heavy atom. The van der Waals surface area contributed by atoms with Gasteiger partial charge in [-0.15, -0.1) is 0 Å². The fraction of sp³-hybridized carbons (Fsp3) is 0.821. The van der Waals surface area contributed by atoms with E-state index in [1.165, 1.54) is 70.6 Å². The number of rotatable bonds is 26. The smallest absolute Gasteiger partial charge is 0.308 e. The van der Waals surface area contributed by atoms with Crippen LogP contribution in [0, 0.1) is 23.7 Å². The predicted octanol–water partition coefficient (Wildman–Crippen LogP) is 8.99. The highest BCUT2D eigenvalue weighted by Crippen LogP contribution is 2.42. The second-order valence-electron chi connectivity index (χ2n) is 14.2. The lowest BCUT2D eigenvalue weighted by molar-refractivity contribution is -0.157. The van der Waals surface area contributed by atoms with Gasteiger partial charge in [0.05, 0.1) is 11.8 Å². The van der Waals surface area contributed by atoms with Crippen LogP contribution in [0.25, 0.3) is 0 Å². The highest BCUT2D eigenvalue weighted by atomic mass is 16.6. The molecule has 2 fully saturated rings.